The minimum absolute atomic E-state index is 0.174. The van der Waals surface area contributed by atoms with E-state index < -0.39 is 0 Å². The molecule has 128 valence electrons. The van der Waals surface area contributed by atoms with Crippen LogP contribution in [0.5, 0.6) is 0 Å². The monoisotopic (exact) mass is 329 g/mol. The molecule has 1 aliphatic heterocycles. The van der Waals surface area contributed by atoms with Crippen LogP contribution in [0.15, 0.2) is 42.7 Å². The highest BCUT2D eigenvalue weighted by Crippen LogP contribution is 2.22. The van der Waals surface area contributed by atoms with Crippen LogP contribution in [-0.4, -0.2) is 33.7 Å². The van der Waals surface area contributed by atoms with Gasteiger partial charge in [-0.3, -0.25) is 9.48 Å². The number of benzene rings is 1. The third-order valence-corrected chi connectivity index (χ3v) is 4.72. The molecule has 0 saturated carbocycles. The van der Waals surface area contributed by atoms with Gasteiger partial charge in [-0.15, -0.1) is 0 Å². The number of aryl methyl sites for hydroxylation is 2. The number of hydrogen-bond acceptors (Lipinski definition) is 2. The Morgan fingerprint density at radius 1 is 1.33 bits per heavy atom. The Morgan fingerprint density at radius 3 is 3.04 bits per heavy atom. The number of carbonyl (C=O) groups excluding carboxylic acids is 1. The highest BCUT2D eigenvalue weighted by molar-refractivity contribution is 5.76. The molecule has 1 saturated heterocycles. The maximum atomic E-state index is 13.2. The quantitative estimate of drug-likeness (QED) is 0.816. The molecule has 0 spiro atoms. The highest BCUT2D eigenvalue weighted by Gasteiger charge is 2.23. The van der Waals surface area contributed by atoms with E-state index in [-0.39, 0.29) is 11.7 Å². The van der Waals surface area contributed by atoms with Gasteiger partial charge >= 0.3 is 0 Å². The molecule has 1 amide bonds. The second-order valence-corrected chi connectivity index (χ2v) is 6.54. The predicted molar refractivity (Wildman–Crippen MR) is 90.9 cm³/mol. The molecule has 3 rings (SSSR count). The molecule has 0 radical (unpaired) electrons. The van der Waals surface area contributed by atoms with Gasteiger partial charge in [0.15, 0.2) is 0 Å². The average Bonchev–Trinajstić information content (AvgIpc) is 3.12. The van der Waals surface area contributed by atoms with Gasteiger partial charge < -0.3 is 4.90 Å². The first-order valence-corrected chi connectivity index (χ1v) is 8.70. The van der Waals surface area contributed by atoms with Crippen molar-refractivity contribution in [3.05, 3.63) is 54.1 Å². The Kier molecular flexibility index (Phi) is 5.62. The molecule has 1 aromatic heterocycles. The maximum Gasteiger partial charge on any atom is 0.224 e. The Hall–Kier alpha value is -2.17. The van der Waals surface area contributed by atoms with E-state index in [4.69, 9.17) is 0 Å². The lowest BCUT2D eigenvalue weighted by atomic mass is 9.91. The Balaban J connectivity index is 1.46. The lowest BCUT2D eigenvalue weighted by molar-refractivity contribution is -0.133. The molecule has 0 N–H and O–H groups in total. The van der Waals surface area contributed by atoms with Gasteiger partial charge in [0.25, 0.3) is 0 Å². The summed E-state index contributed by atoms with van der Waals surface area (Å²) in [7, 11) is 0. The third-order valence-electron chi connectivity index (χ3n) is 4.72. The predicted octanol–water partition coefficient (Wildman–Crippen LogP) is 3.28. The van der Waals surface area contributed by atoms with Crippen molar-refractivity contribution in [2.75, 3.05) is 13.1 Å². The van der Waals surface area contributed by atoms with Gasteiger partial charge in [-0.05, 0) is 55.4 Å². The van der Waals surface area contributed by atoms with Crippen LogP contribution in [0.1, 0.15) is 31.2 Å². The van der Waals surface area contributed by atoms with Crippen LogP contribution in [0.2, 0.25) is 0 Å². The number of amides is 1. The Labute approximate surface area is 142 Å². The number of nitrogens with zero attached hydrogens (tertiary/aromatic N) is 3. The van der Waals surface area contributed by atoms with E-state index >= 15 is 0 Å². The first-order chi connectivity index (χ1) is 11.7. The van der Waals surface area contributed by atoms with E-state index in [1.807, 2.05) is 23.2 Å². The summed E-state index contributed by atoms with van der Waals surface area (Å²) in [6.07, 6.45) is 8.20. The molecule has 0 unspecified atom stereocenters. The summed E-state index contributed by atoms with van der Waals surface area (Å²) in [5, 5.41) is 4.13. The molecule has 1 atom stereocenters. The molecule has 24 heavy (non-hydrogen) atoms. The number of rotatable bonds is 6. The van der Waals surface area contributed by atoms with Gasteiger partial charge in [0.05, 0.1) is 0 Å². The van der Waals surface area contributed by atoms with Gasteiger partial charge in [0.2, 0.25) is 5.91 Å². The van der Waals surface area contributed by atoms with Crippen molar-refractivity contribution in [1.82, 2.24) is 14.7 Å². The van der Waals surface area contributed by atoms with Crippen LogP contribution in [0.4, 0.5) is 4.39 Å². The van der Waals surface area contributed by atoms with Crippen LogP contribution in [0, 0.1) is 11.7 Å². The lowest BCUT2D eigenvalue weighted by Gasteiger charge is -2.33. The van der Waals surface area contributed by atoms with Crippen LogP contribution < -0.4 is 0 Å². The summed E-state index contributed by atoms with van der Waals surface area (Å²) in [4.78, 5) is 14.4. The van der Waals surface area contributed by atoms with E-state index in [0.717, 1.165) is 44.3 Å². The van der Waals surface area contributed by atoms with Crippen molar-refractivity contribution in [1.29, 1.82) is 0 Å². The normalized spacial score (nSPS) is 17.9. The summed E-state index contributed by atoms with van der Waals surface area (Å²) in [6, 6.07) is 8.68. The standard InChI is InChI=1S/C19H24FN3O/c20-18-6-1-4-16(14-18)7-8-17-5-2-11-22(15-17)19(24)9-13-23-12-3-10-21-23/h1,3-4,6,10,12,14,17H,2,5,7-9,11,13,15H2/t17-/m0/s1. The molecule has 1 fully saturated rings. The van der Waals surface area contributed by atoms with E-state index in [1.165, 1.54) is 6.07 Å². The molecule has 1 aliphatic rings. The molecule has 1 aromatic carbocycles. The number of aromatic nitrogens is 2. The SMILES string of the molecule is O=C(CCn1cccn1)N1CCC[C@@H](CCc2cccc(F)c2)C1. The summed E-state index contributed by atoms with van der Waals surface area (Å²) < 4.78 is 15.0. The van der Waals surface area contributed by atoms with Crippen LogP contribution in [-0.2, 0) is 17.8 Å². The van der Waals surface area contributed by atoms with Crippen molar-refractivity contribution in [3.63, 3.8) is 0 Å². The minimum atomic E-state index is -0.174. The smallest absolute Gasteiger partial charge is 0.224 e. The fraction of sp³-hybridized carbons (Fsp3) is 0.474. The molecule has 4 nitrogen and oxygen atoms in total. The topological polar surface area (TPSA) is 38.1 Å². The van der Waals surface area contributed by atoms with Gasteiger partial charge in [0, 0.05) is 38.4 Å². The summed E-state index contributed by atoms with van der Waals surface area (Å²) >= 11 is 0. The number of hydrogen-bond donors (Lipinski definition) is 0. The molecule has 0 aliphatic carbocycles. The summed E-state index contributed by atoms with van der Waals surface area (Å²) in [5.41, 5.74) is 1.04. The zero-order chi connectivity index (χ0) is 16.8. The van der Waals surface area contributed by atoms with Gasteiger partial charge in [-0.2, -0.15) is 5.10 Å². The molecular formula is C19H24FN3O. The van der Waals surface area contributed by atoms with E-state index in [1.54, 1.807) is 23.0 Å². The molecule has 2 aromatic rings. The molecule has 0 bridgehead atoms. The molecule has 2 heterocycles. The van der Waals surface area contributed by atoms with Crippen LogP contribution >= 0.6 is 0 Å². The second-order valence-electron chi connectivity index (χ2n) is 6.54. The van der Waals surface area contributed by atoms with Crippen molar-refractivity contribution in [3.8, 4) is 0 Å². The summed E-state index contributed by atoms with van der Waals surface area (Å²) in [5.74, 6) is 0.545. The first kappa shape index (κ1) is 16.7. The Bertz CT molecular complexity index is 656. The first-order valence-electron chi connectivity index (χ1n) is 8.70. The highest BCUT2D eigenvalue weighted by atomic mass is 19.1. The van der Waals surface area contributed by atoms with Crippen LogP contribution in [0.3, 0.4) is 0 Å². The molecule has 5 heteroatoms. The van der Waals surface area contributed by atoms with E-state index in [9.17, 15) is 9.18 Å². The zero-order valence-electron chi connectivity index (χ0n) is 13.9. The van der Waals surface area contributed by atoms with E-state index in [0.29, 0.717) is 18.9 Å². The maximum absolute atomic E-state index is 13.2. The largest absolute Gasteiger partial charge is 0.342 e. The van der Waals surface area contributed by atoms with Gasteiger partial charge in [0.1, 0.15) is 5.82 Å². The average molecular weight is 329 g/mol. The summed E-state index contributed by atoms with van der Waals surface area (Å²) in [6.45, 7) is 2.32. The second kappa shape index (κ2) is 8.08. The number of likely N-dealkylation sites (tertiary alicyclic amines) is 1. The zero-order valence-corrected chi connectivity index (χ0v) is 13.9. The van der Waals surface area contributed by atoms with Crippen molar-refractivity contribution in [2.24, 2.45) is 5.92 Å². The fourth-order valence-corrected chi connectivity index (χ4v) is 3.39. The Morgan fingerprint density at radius 2 is 2.25 bits per heavy atom. The van der Waals surface area contributed by atoms with Crippen molar-refractivity contribution >= 4 is 5.91 Å². The third kappa shape index (κ3) is 4.66. The van der Waals surface area contributed by atoms with Gasteiger partial charge in [-0.1, -0.05) is 12.1 Å². The van der Waals surface area contributed by atoms with E-state index in [2.05, 4.69) is 5.10 Å². The fourth-order valence-electron chi connectivity index (χ4n) is 3.39. The van der Waals surface area contributed by atoms with Gasteiger partial charge in [-0.25, -0.2) is 4.39 Å². The number of carbonyl (C=O) groups is 1. The van der Waals surface area contributed by atoms with Crippen molar-refractivity contribution < 1.29 is 9.18 Å². The number of piperidine rings is 1. The van der Waals surface area contributed by atoms with Crippen molar-refractivity contribution in [2.45, 2.75) is 38.6 Å². The number of halogens is 1. The van der Waals surface area contributed by atoms with Crippen LogP contribution in [0.25, 0.3) is 0 Å². The lowest BCUT2D eigenvalue weighted by Crippen LogP contribution is -2.40. The molecular weight excluding hydrogens is 305 g/mol. The minimum Gasteiger partial charge on any atom is -0.342 e.